The number of thioether (sulfide) groups is 1. The second-order valence-electron chi connectivity index (χ2n) is 5.27. The standard InChI is InChI=1S/C14H24N4S/c1-4-15-12-9-13(18-14(17-12)19-3)16-11-7-5-6-10(2)8-11/h9-11H,4-8H2,1-3H3,(H2,15,16,17,18). The van der Waals surface area contributed by atoms with E-state index in [1.165, 1.54) is 25.7 Å². The fraction of sp³-hybridized carbons (Fsp3) is 0.714. The van der Waals surface area contributed by atoms with Crippen molar-refractivity contribution in [2.45, 2.75) is 50.7 Å². The third kappa shape index (κ3) is 4.27. The van der Waals surface area contributed by atoms with Crippen LogP contribution in [0.1, 0.15) is 39.5 Å². The van der Waals surface area contributed by atoms with Crippen LogP contribution in [0.5, 0.6) is 0 Å². The zero-order valence-electron chi connectivity index (χ0n) is 12.1. The van der Waals surface area contributed by atoms with Crippen LogP contribution in [0, 0.1) is 5.92 Å². The molecule has 2 unspecified atom stereocenters. The minimum Gasteiger partial charge on any atom is -0.370 e. The van der Waals surface area contributed by atoms with E-state index in [-0.39, 0.29) is 0 Å². The van der Waals surface area contributed by atoms with Gasteiger partial charge >= 0.3 is 0 Å². The highest BCUT2D eigenvalue weighted by molar-refractivity contribution is 7.98. The van der Waals surface area contributed by atoms with Crippen molar-refractivity contribution in [2.75, 3.05) is 23.4 Å². The van der Waals surface area contributed by atoms with E-state index in [1.807, 2.05) is 12.3 Å². The molecule has 2 atom stereocenters. The smallest absolute Gasteiger partial charge is 0.191 e. The van der Waals surface area contributed by atoms with Gasteiger partial charge in [-0.25, -0.2) is 9.97 Å². The van der Waals surface area contributed by atoms with Gasteiger partial charge in [-0.2, -0.15) is 0 Å². The summed E-state index contributed by atoms with van der Waals surface area (Å²) in [7, 11) is 0. The molecule has 0 amide bonds. The lowest BCUT2D eigenvalue weighted by Crippen LogP contribution is -2.26. The molecule has 1 heterocycles. The summed E-state index contributed by atoms with van der Waals surface area (Å²) in [6, 6.07) is 2.57. The molecular weight excluding hydrogens is 256 g/mol. The molecule has 2 N–H and O–H groups in total. The summed E-state index contributed by atoms with van der Waals surface area (Å²) in [5.74, 6) is 2.68. The fourth-order valence-electron chi connectivity index (χ4n) is 2.64. The van der Waals surface area contributed by atoms with E-state index in [4.69, 9.17) is 0 Å². The second-order valence-corrected chi connectivity index (χ2v) is 6.04. The quantitative estimate of drug-likeness (QED) is 0.637. The van der Waals surface area contributed by atoms with E-state index in [0.717, 1.165) is 29.3 Å². The predicted molar refractivity (Wildman–Crippen MR) is 83.0 cm³/mol. The number of anilines is 2. The zero-order chi connectivity index (χ0) is 13.7. The highest BCUT2D eigenvalue weighted by Crippen LogP contribution is 2.26. The zero-order valence-corrected chi connectivity index (χ0v) is 12.9. The summed E-state index contributed by atoms with van der Waals surface area (Å²) in [4.78, 5) is 9.00. The second kappa shape index (κ2) is 6.98. The average Bonchev–Trinajstić information content (AvgIpc) is 2.39. The first-order valence-corrected chi connectivity index (χ1v) is 8.37. The normalized spacial score (nSPS) is 23.1. The Morgan fingerprint density at radius 2 is 2.11 bits per heavy atom. The molecule has 1 aliphatic rings. The molecule has 5 heteroatoms. The van der Waals surface area contributed by atoms with Gasteiger partial charge in [0.15, 0.2) is 5.16 Å². The molecule has 0 radical (unpaired) electrons. The van der Waals surface area contributed by atoms with E-state index < -0.39 is 0 Å². The molecule has 1 aromatic heterocycles. The summed E-state index contributed by atoms with van der Waals surface area (Å²) in [6.07, 6.45) is 7.19. The first kappa shape index (κ1) is 14.4. The third-order valence-electron chi connectivity index (χ3n) is 3.53. The van der Waals surface area contributed by atoms with Crippen molar-refractivity contribution in [3.8, 4) is 0 Å². The predicted octanol–water partition coefficient (Wildman–Crippen LogP) is 3.62. The molecule has 2 rings (SSSR count). The Hall–Kier alpha value is -0.970. The lowest BCUT2D eigenvalue weighted by Gasteiger charge is -2.28. The minimum atomic E-state index is 0.558. The summed E-state index contributed by atoms with van der Waals surface area (Å²) in [6.45, 7) is 5.30. The Morgan fingerprint density at radius 1 is 1.32 bits per heavy atom. The van der Waals surface area contributed by atoms with Gasteiger partial charge in [-0.3, -0.25) is 0 Å². The highest BCUT2D eigenvalue weighted by atomic mass is 32.2. The number of aromatic nitrogens is 2. The van der Waals surface area contributed by atoms with Gasteiger partial charge in [-0.05, 0) is 31.9 Å². The van der Waals surface area contributed by atoms with Gasteiger partial charge in [0.2, 0.25) is 0 Å². The lowest BCUT2D eigenvalue weighted by molar-refractivity contribution is 0.358. The molecule has 1 aromatic rings. The Balaban J connectivity index is 2.07. The highest BCUT2D eigenvalue weighted by Gasteiger charge is 2.19. The number of hydrogen-bond acceptors (Lipinski definition) is 5. The van der Waals surface area contributed by atoms with Gasteiger partial charge in [0.05, 0.1) is 0 Å². The number of hydrogen-bond donors (Lipinski definition) is 2. The third-order valence-corrected chi connectivity index (χ3v) is 4.08. The van der Waals surface area contributed by atoms with Crippen LogP contribution < -0.4 is 10.6 Å². The van der Waals surface area contributed by atoms with E-state index in [0.29, 0.717) is 6.04 Å². The SMILES string of the molecule is CCNc1cc(NC2CCCC(C)C2)nc(SC)n1. The molecule has 1 aliphatic carbocycles. The van der Waals surface area contributed by atoms with Gasteiger partial charge in [0.1, 0.15) is 11.6 Å². The summed E-state index contributed by atoms with van der Waals surface area (Å²) in [5, 5.41) is 7.67. The molecule has 0 spiro atoms. The van der Waals surface area contributed by atoms with Crippen molar-refractivity contribution in [1.29, 1.82) is 0 Å². The van der Waals surface area contributed by atoms with Crippen molar-refractivity contribution in [3.05, 3.63) is 6.07 Å². The Morgan fingerprint density at radius 3 is 2.79 bits per heavy atom. The molecule has 0 saturated heterocycles. The Kier molecular flexibility index (Phi) is 5.31. The maximum Gasteiger partial charge on any atom is 0.191 e. The van der Waals surface area contributed by atoms with Crippen LogP contribution in [0.15, 0.2) is 11.2 Å². The van der Waals surface area contributed by atoms with Crippen LogP contribution in [-0.4, -0.2) is 28.8 Å². The van der Waals surface area contributed by atoms with E-state index in [9.17, 15) is 0 Å². The van der Waals surface area contributed by atoms with Crippen molar-refractivity contribution in [1.82, 2.24) is 9.97 Å². The van der Waals surface area contributed by atoms with Crippen LogP contribution in [0.3, 0.4) is 0 Å². The van der Waals surface area contributed by atoms with Crippen LogP contribution in [0.25, 0.3) is 0 Å². The van der Waals surface area contributed by atoms with Crippen LogP contribution in [0.2, 0.25) is 0 Å². The molecule has 0 aliphatic heterocycles. The van der Waals surface area contributed by atoms with Crippen molar-refractivity contribution in [2.24, 2.45) is 5.92 Å². The summed E-state index contributed by atoms with van der Waals surface area (Å²) < 4.78 is 0. The van der Waals surface area contributed by atoms with Crippen molar-refractivity contribution in [3.63, 3.8) is 0 Å². The largest absolute Gasteiger partial charge is 0.370 e. The van der Waals surface area contributed by atoms with E-state index in [2.05, 4.69) is 34.4 Å². The van der Waals surface area contributed by atoms with Gasteiger partial charge in [0.25, 0.3) is 0 Å². The molecule has 0 bridgehead atoms. The molecule has 19 heavy (non-hydrogen) atoms. The Bertz CT molecular complexity index is 410. The lowest BCUT2D eigenvalue weighted by atomic mass is 9.87. The molecule has 1 saturated carbocycles. The van der Waals surface area contributed by atoms with Crippen LogP contribution >= 0.6 is 11.8 Å². The van der Waals surface area contributed by atoms with Gasteiger partial charge < -0.3 is 10.6 Å². The van der Waals surface area contributed by atoms with Gasteiger partial charge in [0, 0.05) is 18.7 Å². The topological polar surface area (TPSA) is 49.8 Å². The Labute approximate surface area is 120 Å². The van der Waals surface area contributed by atoms with Gasteiger partial charge in [-0.1, -0.05) is 31.5 Å². The fourth-order valence-corrected chi connectivity index (χ4v) is 3.02. The monoisotopic (exact) mass is 280 g/mol. The van der Waals surface area contributed by atoms with Crippen LogP contribution in [-0.2, 0) is 0 Å². The molecule has 1 fully saturated rings. The maximum atomic E-state index is 4.55. The summed E-state index contributed by atoms with van der Waals surface area (Å²) >= 11 is 1.58. The number of nitrogens with zero attached hydrogens (tertiary/aromatic N) is 2. The number of nitrogens with one attached hydrogen (secondary N) is 2. The first-order chi connectivity index (χ1) is 9.21. The van der Waals surface area contributed by atoms with Crippen LogP contribution in [0.4, 0.5) is 11.6 Å². The molecule has 4 nitrogen and oxygen atoms in total. The number of rotatable bonds is 5. The van der Waals surface area contributed by atoms with Crippen molar-refractivity contribution < 1.29 is 0 Å². The van der Waals surface area contributed by atoms with E-state index >= 15 is 0 Å². The summed E-state index contributed by atoms with van der Waals surface area (Å²) in [5.41, 5.74) is 0. The maximum absolute atomic E-state index is 4.55. The molecule has 106 valence electrons. The molecular formula is C14H24N4S. The van der Waals surface area contributed by atoms with E-state index in [1.54, 1.807) is 11.8 Å². The average molecular weight is 280 g/mol. The van der Waals surface area contributed by atoms with Crippen molar-refractivity contribution >= 4 is 23.4 Å². The minimum absolute atomic E-state index is 0.558. The first-order valence-electron chi connectivity index (χ1n) is 7.14. The van der Waals surface area contributed by atoms with Gasteiger partial charge in [-0.15, -0.1) is 0 Å². The molecule has 0 aromatic carbocycles.